The summed E-state index contributed by atoms with van der Waals surface area (Å²) in [6, 6.07) is 6.31. The van der Waals surface area contributed by atoms with Crippen LogP contribution in [0.15, 0.2) is 46.7 Å². The maximum Gasteiger partial charge on any atom is 0.261 e. The third kappa shape index (κ3) is 6.49. The molecule has 0 radical (unpaired) electrons. The Morgan fingerprint density at radius 3 is 2.65 bits per heavy atom. The molecule has 2 atom stereocenters. The van der Waals surface area contributed by atoms with Gasteiger partial charge in [-0.1, -0.05) is 26.0 Å². The van der Waals surface area contributed by atoms with Crippen molar-refractivity contribution in [3.63, 3.8) is 0 Å². The lowest BCUT2D eigenvalue weighted by Gasteiger charge is -2.23. The van der Waals surface area contributed by atoms with Gasteiger partial charge >= 0.3 is 0 Å². The Morgan fingerprint density at radius 2 is 2.00 bits per heavy atom. The monoisotopic (exact) mass is 509 g/mol. The van der Waals surface area contributed by atoms with Crippen LogP contribution in [0.1, 0.15) is 42.8 Å². The Hall–Kier alpha value is -2.63. The van der Waals surface area contributed by atoms with Crippen molar-refractivity contribution in [2.75, 3.05) is 13.1 Å². The Labute approximate surface area is 202 Å². The largest absolute Gasteiger partial charge is 0.344 e. The predicted molar refractivity (Wildman–Crippen MR) is 126 cm³/mol. The second-order valence-electron chi connectivity index (χ2n) is 8.60. The highest BCUT2D eigenvalue weighted by Gasteiger charge is 2.34. The lowest BCUT2D eigenvalue weighted by Crippen LogP contribution is -2.52. The van der Waals surface area contributed by atoms with E-state index in [9.17, 15) is 27.2 Å². The van der Waals surface area contributed by atoms with Crippen molar-refractivity contribution in [1.82, 2.24) is 14.9 Å². The summed E-state index contributed by atoms with van der Waals surface area (Å²) in [5, 5.41) is 7.21. The average molecular weight is 510 g/mol. The highest BCUT2D eigenvalue weighted by Crippen LogP contribution is 2.20. The Balaban J connectivity index is 1.69. The molecule has 2 amide bonds. The van der Waals surface area contributed by atoms with Gasteiger partial charge in [-0.25, -0.2) is 12.8 Å². The number of ketones is 1. The molecule has 1 unspecified atom stereocenters. The maximum atomic E-state index is 13.5. The number of hydrogen-bond donors (Lipinski definition) is 2. The lowest BCUT2D eigenvalue weighted by molar-refractivity contribution is -0.129. The van der Waals surface area contributed by atoms with Crippen LogP contribution in [-0.2, 0) is 19.6 Å². The van der Waals surface area contributed by atoms with Crippen LogP contribution in [0.4, 0.5) is 4.39 Å². The van der Waals surface area contributed by atoms with Crippen LogP contribution in [0.25, 0.3) is 0 Å². The van der Waals surface area contributed by atoms with Gasteiger partial charge in [0.1, 0.15) is 11.9 Å². The molecule has 1 aliphatic heterocycles. The predicted octanol–water partition coefficient (Wildman–Crippen LogP) is 2.57. The molecule has 2 N–H and O–H groups in total. The van der Waals surface area contributed by atoms with Gasteiger partial charge in [0.25, 0.3) is 5.91 Å². The number of halogens is 1. The van der Waals surface area contributed by atoms with Gasteiger partial charge < -0.3 is 10.6 Å². The van der Waals surface area contributed by atoms with Crippen molar-refractivity contribution in [3.05, 3.63) is 52.5 Å². The highest BCUT2D eigenvalue weighted by atomic mass is 32.2. The molecule has 11 heteroatoms. The standard InChI is InChI=1S/C23H28FN3O5S2/c1-15(2)12-19(26-23(30)21-9-5-11-33-21)22(29)25-18-8-4-10-27(14-20(18)28)34(31,32)17-7-3-6-16(24)13-17/h3,5-7,9,11,13,15,18-19H,4,8,10,12,14H2,1-2H3,(H,25,29)(H,26,30)/t18-,19?/m0/s1. The minimum absolute atomic E-state index is 0.0709. The van der Waals surface area contributed by atoms with Crippen molar-refractivity contribution in [2.45, 2.75) is 50.1 Å². The lowest BCUT2D eigenvalue weighted by atomic mass is 10.0. The summed E-state index contributed by atoms with van der Waals surface area (Å²) >= 11 is 1.26. The smallest absolute Gasteiger partial charge is 0.261 e. The van der Waals surface area contributed by atoms with Gasteiger partial charge in [0.05, 0.1) is 22.4 Å². The number of hydrogen-bond acceptors (Lipinski definition) is 6. The minimum Gasteiger partial charge on any atom is -0.344 e. The molecule has 2 aromatic rings. The maximum absolute atomic E-state index is 13.5. The van der Waals surface area contributed by atoms with Gasteiger partial charge in [0.15, 0.2) is 5.78 Å². The third-order valence-electron chi connectivity index (χ3n) is 5.45. The van der Waals surface area contributed by atoms with Crippen molar-refractivity contribution in [2.24, 2.45) is 5.92 Å². The molecule has 0 saturated carbocycles. The number of nitrogens with one attached hydrogen (secondary N) is 2. The van der Waals surface area contributed by atoms with E-state index in [1.807, 2.05) is 13.8 Å². The number of amides is 2. The van der Waals surface area contributed by atoms with Gasteiger partial charge in [0.2, 0.25) is 15.9 Å². The van der Waals surface area contributed by atoms with Gasteiger partial charge in [-0.2, -0.15) is 4.31 Å². The molecule has 2 heterocycles. The van der Waals surface area contributed by atoms with E-state index >= 15 is 0 Å². The summed E-state index contributed by atoms with van der Waals surface area (Å²) in [6.45, 7) is 3.48. The molecule has 0 spiro atoms. The number of Topliss-reactive ketones (excluding diaryl/α,β-unsaturated/α-hetero) is 1. The molecule has 1 saturated heterocycles. The van der Waals surface area contributed by atoms with E-state index in [-0.39, 0.29) is 29.7 Å². The highest BCUT2D eigenvalue weighted by molar-refractivity contribution is 7.89. The summed E-state index contributed by atoms with van der Waals surface area (Å²) in [6.07, 6.45) is 0.971. The molecule has 1 aromatic heterocycles. The molecule has 34 heavy (non-hydrogen) atoms. The first-order valence-electron chi connectivity index (χ1n) is 11.0. The summed E-state index contributed by atoms with van der Waals surface area (Å²) in [5.74, 6) is -1.89. The Morgan fingerprint density at radius 1 is 1.24 bits per heavy atom. The first kappa shape index (κ1) is 26.0. The summed E-state index contributed by atoms with van der Waals surface area (Å²) in [7, 11) is -4.06. The van der Waals surface area contributed by atoms with Crippen LogP contribution >= 0.6 is 11.3 Å². The van der Waals surface area contributed by atoms with E-state index in [0.29, 0.717) is 17.7 Å². The zero-order valence-electron chi connectivity index (χ0n) is 19.0. The van der Waals surface area contributed by atoms with Gasteiger partial charge in [-0.15, -0.1) is 11.3 Å². The second-order valence-corrected chi connectivity index (χ2v) is 11.5. The van der Waals surface area contributed by atoms with Crippen molar-refractivity contribution < 1.29 is 27.2 Å². The summed E-state index contributed by atoms with van der Waals surface area (Å²) in [4.78, 5) is 38.6. The fourth-order valence-electron chi connectivity index (χ4n) is 3.74. The topological polar surface area (TPSA) is 113 Å². The van der Waals surface area contributed by atoms with E-state index in [2.05, 4.69) is 10.6 Å². The number of thiophene rings is 1. The number of sulfonamides is 1. The third-order valence-corrected chi connectivity index (χ3v) is 8.16. The normalized spacial score (nSPS) is 18.4. The number of rotatable bonds is 8. The molecule has 3 rings (SSSR count). The fourth-order valence-corrected chi connectivity index (χ4v) is 5.85. The number of carbonyl (C=O) groups is 3. The van der Waals surface area contributed by atoms with Gasteiger partial charge in [0, 0.05) is 6.54 Å². The average Bonchev–Trinajstić information content (AvgIpc) is 3.25. The van der Waals surface area contributed by atoms with E-state index in [4.69, 9.17) is 0 Å². The van der Waals surface area contributed by atoms with E-state index < -0.39 is 46.2 Å². The van der Waals surface area contributed by atoms with Crippen LogP contribution in [0, 0.1) is 11.7 Å². The first-order chi connectivity index (χ1) is 16.1. The van der Waals surface area contributed by atoms with Crippen LogP contribution in [0.3, 0.4) is 0 Å². The van der Waals surface area contributed by atoms with Crippen molar-refractivity contribution in [3.8, 4) is 0 Å². The van der Waals surface area contributed by atoms with Crippen LogP contribution in [0.2, 0.25) is 0 Å². The first-order valence-corrected chi connectivity index (χ1v) is 13.3. The summed E-state index contributed by atoms with van der Waals surface area (Å²) < 4.78 is 40.4. The van der Waals surface area contributed by atoms with Crippen LogP contribution in [-0.4, -0.2) is 55.5 Å². The molecule has 0 aliphatic carbocycles. The summed E-state index contributed by atoms with van der Waals surface area (Å²) in [5.41, 5.74) is 0. The molecule has 0 bridgehead atoms. The molecule has 1 fully saturated rings. The zero-order valence-corrected chi connectivity index (χ0v) is 20.6. The van der Waals surface area contributed by atoms with Crippen LogP contribution < -0.4 is 10.6 Å². The minimum atomic E-state index is -4.06. The molecule has 8 nitrogen and oxygen atoms in total. The number of benzene rings is 1. The fraction of sp³-hybridized carbons (Fsp3) is 0.435. The van der Waals surface area contributed by atoms with Gasteiger partial charge in [-0.3, -0.25) is 14.4 Å². The molecule has 184 valence electrons. The molecular weight excluding hydrogens is 481 g/mol. The Bertz CT molecular complexity index is 1140. The van der Waals surface area contributed by atoms with E-state index in [1.165, 1.54) is 23.5 Å². The quantitative estimate of drug-likeness (QED) is 0.568. The van der Waals surface area contributed by atoms with E-state index in [0.717, 1.165) is 16.4 Å². The SMILES string of the molecule is CC(C)CC(NC(=O)c1cccs1)C(=O)N[C@H]1CCCN(S(=O)(=O)c2cccc(F)c2)CC1=O. The molecular formula is C23H28FN3O5S2. The van der Waals surface area contributed by atoms with E-state index in [1.54, 1.807) is 17.5 Å². The Kier molecular flexibility index (Phi) is 8.56. The molecule has 1 aliphatic rings. The van der Waals surface area contributed by atoms with Crippen molar-refractivity contribution >= 4 is 39.0 Å². The van der Waals surface area contributed by atoms with Crippen molar-refractivity contribution in [1.29, 1.82) is 0 Å². The second kappa shape index (κ2) is 11.2. The molecule has 1 aromatic carbocycles. The number of nitrogens with zero attached hydrogens (tertiary/aromatic N) is 1. The number of carbonyl (C=O) groups excluding carboxylic acids is 3. The van der Waals surface area contributed by atoms with Gasteiger partial charge in [-0.05, 0) is 54.8 Å². The van der Waals surface area contributed by atoms with Crippen LogP contribution in [0.5, 0.6) is 0 Å². The zero-order chi connectivity index (χ0) is 24.9.